The van der Waals surface area contributed by atoms with Crippen molar-refractivity contribution in [2.75, 3.05) is 13.2 Å². The van der Waals surface area contributed by atoms with Gasteiger partial charge in [0.25, 0.3) is 0 Å². The number of aromatic nitrogens is 3. The minimum atomic E-state index is -0.428. The summed E-state index contributed by atoms with van der Waals surface area (Å²) in [5, 5.41) is 4.85. The number of benzene rings is 1. The standard InChI is InChI=1S/C14H12ClN3O3/c15-11-3-1-2-10(6-11)14-16-9-18(17-14)5-4-13(19)21-12-7-20-8-12/h1-6,9,12H,7-8H2/b5-4+. The molecule has 1 aliphatic rings. The molecular formula is C14H12ClN3O3. The maximum absolute atomic E-state index is 11.5. The molecular weight excluding hydrogens is 294 g/mol. The molecule has 108 valence electrons. The van der Waals surface area contributed by atoms with Crippen LogP contribution in [0.25, 0.3) is 17.6 Å². The Labute approximate surface area is 126 Å². The molecule has 2 aromatic rings. The Morgan fingerprint density at radius 3 is 3.05 bits per heavy atom. The van der Waals surface area contributed by atoms with Crippen molar-refractivity contribution in [3.8, 4) is 11.4 Å². The molecule has 0 radical (unpaired) electrons. The van der Waals surface area contributed by atoms with Gasteiger partial charge in [-0.15, -0.1) is 5.10 Å². The first-order chi connectivity index (χ1) is 10.2. The van der Waals surface area contributed by atoms with Crippen LogP contribution >= 0.6 is 11.6 Å². The van der Waals surface area contributed by atoms with Crippen LogP contribution in [0.2, 0.25) is 5.02 Å². The molecule has 3 rings (SSSR count). The van der Waals surface area contributed by atoms with Gasteiger partial charge in [0.2, 0.25) is 0 Å². The Bertz CT molecular complexity index is 680. The predicted molar refractivity (Wildman–Crippen MR) is 76.5 cm³/mol. The zero-order valence-electron chi connectivity index (χ0n) is 11.0. The number of hydrogen-bond acceptors (Lipinski definition) is 5. The highest BCUT2D eigenvalue weighted by atomic mass is 35.5. The van der Waals surface area contributed by atoms with E-state index < -0.39 is 5.97 Å². The van der Waals surface area contributed by atoms with Crippen molar-refractivity contribution in [1.29, 1.82) is 0 Å². The van der Waals surface area contributed by atoms with E-state index in [1.165, 1.54) is 23.3 Å². The molecule has 1 saturated heterocycles. The summed E-state index contributed by atoms with van der Waals surface area (Å²) in [5.41, 5.74) is 0.809. The SMILES string of the molecule is O=C(/C=C/n1cnc(-c2cccc(Cl)c2)n1)OC1COC1. The first kappa shape index (κ1) is 13.8. The van der Waals surface area contributed by atoms with E-state index in [1.54, 1.807) is 12.1 Å². The van der Waals surface area contributed by atoms with Crippen LogP contribution < -0.4 is 0 Å². The third-order valence-electron chi connectivity index (χ3n) is 2.84. The van der Waals surface area contributed by atoms with E-state index in [0.29, 0.717) is 24.1 Å². The van der Waals surface area contributed by atoms with E-state index in [2.05, 4.69) is 10.1 Å². The normalized spacial score (nSPS) is 15.1. The molecule has 1 aliphatic heterocycles. The number of hydrogen-bond donors (Lipinski definition) is 0. The van der Waals surface area contributed by atoms with Gasteiger partial charge in [-0.05, 0) is 12.1 Å². The molecule has 2 heterocycles. The van der Waals surface area contributed by atoms with Gasteiger partial charge >= 0.3 is 5.97 Å². The van der Waals surface area contributed by atoms with Crippen LogP contribution in [0.1, 0.15) is 0 Å². The van der Waals surface area contributed by atoms with Gasteiger partial charge in [0.1, 0.15) is 12.4 Å². The predicted octanol–water partition coefficient (Wildman–Crippen LogP) is 2.01. The van der Waals surface area contributed by atoms with E-state index in [4.69, 9.17) is 21.1 Å². The molecule has 0 N–H and O–H groups in total. The largest absolute Gasteiger partial charge is 0.454 e. The number of carbonyl (C=O) groups is 1. The summed E-state index contributed by atoms with van der Waals surface area (Å²) in [6.45, 7) is 0.920. The highest BCUT2D eigenvalue weighted by Gasteiger charge is 2.21. The second kappa shape index (κ2) is 6.07. The molecule has 0 unspecified atom stereocenters. The Hall–Kier alpha value is -2.18. The molecule has 1 aromatic carbocycles. The first-order valence-electron chi connectivity index (χ1n) is 6.34. The van der Waals surface area contributed by atoms with Crippen LogP contribution in [-0.4, -0.2) is 40.1 Å². The third kappa shape index (κ3) is 3.48. The summed E-state index contributed by atoms with van der Waals surface area (Å²) in [6.07, 6.45) is 4.16. The Morgan fingerprint density at radius 1 is 1.48 bits per heavy atom. The molecule has 21 heavy (non-hydrogen) atoms. The Balaban J connectivity index is 1.65. The van der Waals surface area contributed by atoms with Gasteiger partial charge in [-0.25, -0.2) is 14.5 Å². The first-order valence-corrected chi connectivity index (χ1v) is 6.72. The number of carbonyl (C=O) groups excluding carboxylic acids is 1. The van der Waals surface area contributed by atoms with Crippen molar-refractivity contribution in [3.63, 3.8) is 0 Å². The van der Waals surface area contributed by atoms with Crippen molar-refractivity contribution in [2.45, 2.75) is 6.10 Å². The van der Waals surface area contributed by atoms with Gasteiger partial charge in [-0.2, -0.15) is 0 Å². The lowest BCUT2D eigenvalue weighted by Gasteiger charge is -2.24. The molecule has 0 spiro atoms. The third-order valence-corrected chi connectivity index (χ3v) is 3.08. The number of nitrogens with zero attached hydrogens (tertiary/aromatic N) is 3. The van der Waals surface area contributed by atoms with E-state index in [9.17, 15) is 4.79 Å². The van der Waals surface area contributed by atoms with Crippen LogP contribution in [0.15, 0.2) is 36.7 Å². The van der Waals surface area contributed by atoms with Gasteiger partial charge in [0.05, 0.1) is 13.2 Å². The number of ether oxygens (including phenoxy) is 2. The lowest BCUT2D eigenvalue weighted by atomic mass is 10.2. The lowest BCUT2D eigenvalue weighted by Crippen LogP contribution is -2.37. The molecule has 0 atom stereocenters. The van der Waals surface area contributed by atoms with Crippen LogP contribution in [-0.2, 0) is 14.3 Å². The molecule has 0 saturated carbocycles. The van der Waals surface area contributed by atoms with Gasteiger partial charge in [-0.1, -0.05) is 23.7 Å². The summed E-state index contributed by atoms with van der Waals surface area (Å²) in [7, 11) is 0. The summed E-state index contributed by atoms with van der Waals surface area (Å²) in [4.78, 5) is 15.7. The summed E-state index contributed by atoms with van der Waals surface area (Å²) in [6, 6.07) is 7.24. The fourth-order valence-electron chi connectivity index (χ4n) is 1.73. The molecule has 0 amide bonds. The van der Waals surface area contributed by atoms with E-state index in [-0.39, 0.29) is 6.10 Å². The van der Waals surface area contributed by atoms with Crippen LogP contribution in [0, 0.1) is 0 Å². The fourth-order valence-corrected chi connectivity index (χ4v) is 1.92. The van der Waals surface area contributed by atoms with Gasteiger partial charge in [0, 0.05) is 22.9 Å². The highest BCUT2D eigenvalue weighted by Crippen LogP contribution is 2.18. The van der Waals surface area contributed by atoms with E-state index in [0.717, 1.165) is 5.56 Å². The number of esters is 1. The van der Waals surface area contributed by atoms with Gasteiger partial charge in [0.15, 0.2) is 5.82 Å². The minimum absolute atomic E-state index is 0.139. The summed E-state index contributed by atoms with van der Waals surface area (Å²) < 4.78 is 11.4. The van der Waals surface area contributed by atoms with E-state index in [1.807, 2.05) is 12.1 Å². The van der Waals surface area contributed by atoms with Crippen molar-refractivity contribution in [1.82, 2.24) is 14.8 Å². The Morgan fingerprint density at radius 2 is 2.33 bits per heavy atom. The van der Waals surface area contributed by atoms with Crippen molar-refractivity contribution in [2.24, 2.45) is 0 Å². The smallest absolute Gasteiger partial charge is 0.332 e. The zero-order chi connectivity index (χ0) is 14.7. The minimum Gasteiger partial charge on any atom is -0.454 e. The quantitative estimate of drug-likeness (QED) is 0.638. The monoisotopic (exact) mass is 305 g/mol. The molecule has 1 aromatic heterocycles. The van der Waals surface area contributed by atoms with Gasteiger partial charge in [-0.3, -0.25) is 0 Å². The molecule has 1 fully saturated rings. The highest BCUT2D eigenvalue weighted by molar-refractivity contribution is 6.30. The molecule has 7 heteroatoms. The average Bonchev–Trinajstić information content (AvgIpc) is 2.90. The van der Waals surface area contributed by atoms with Crippen LogP contribution in [0.4, 0.5) is 0 Å². The number of rotatable bonds is 4. The second-order valence-corrected chi connectivity index (χ2v) is 4.91. The molecule has 0 aliphatic carbocycles. The molecule has 6 nitrogen and oxygen atoms in total. The van der Waals surface area contributed by atoms with Crippen molar-refractivity contribution in [3.05, 3.63) is 41.7 Å². The lowest BCUT2D eigenvalue weighted by molar-refractivity contribution is -0.166. The van der Waals surface area contributed by atoms with Crippen molar-refractivity contribution >= 4 is 23.8 Å². The van der Waals surface area contributed by atoms with Crippen molar-refractivity contribution < 1.29 is 14.3 Å². The summed E-state index contributed by atoms with van der Waals surface area (Å²) >= 11 is 5.92. The van der Waals surface area contributed by atoms with Gasteiger partial charge < -0.3 is 9.47 Å². The summed E-state index contributed by atoms with van der Waals surface area (Å²) in [5.74, 6) is 0.103. The topological polar surface area (TPSA) is 66.2 Å². The van der Waals surface area contributed by atoms with Crippen LogP contribution in [0.3, 0.4) is 0 Å². The molecule has 0 bridgehead atoms. The maximum Gasteiger partial charge on any atom is 0.332 e. The fraction of sp³-hybridized carbons (Fsp3) is 0.214. The zero-order valence-corrected chi connectivity index (χ0v) is 11.7. The second-order valence-electron chi connectivity index (χ2n) is 4.47. The maximum atomic E-state index is 11.5. The van der Waals surface area contributed by atoms with E-state index >= 15 is 0 Å². The Kier molecular flexibility index (Phi) is 3.98. The number of halogens is 1. The van der Waals surface area contributed by atoms with Crippen LogP contribution in [0.5, 0.6) is 0 Å². The average molecular weight is 306 g/mol.